The molecule has 29 heavy (non-hydrogen) atoms. The number of aromatic amines is 1. The van der Waals surface area contributed by atoms with Gasteiger partial charge in [0.25, 0.3) is 5.56 Å². The van der Waals surface area contributed by atoms with Crippen molar-refractivity contribution in [3.8, 4) is 5.69 Å². The number of rotatable bonds is 3. The number of piperazine rings is 1. The molecule has 1 aromatic carbocycles. The molecule has 0 spiro atoms. The largest absolute Gasteiger partial charge is 0.339 e. The van der Waals surface area contributed by atoms with Crippen molar-refractivity contribution in [3.05, 3.63) is 50.1 Å². The fourth-order valence-electron chi connectivity index (χ4n) is 4.52. The number of benzene rings is 1. The van der Waals surface area contributed by atoms with Crippen LogP contribution in [0.3, 0.4) is 0 Å². The SMILES string of the molecule is O=c1[nH]c(=O)n(C2CCCC2)c2nc(N3CCNCC3)n(-c3ccccc3Cl)c12. The summed E-state index contributed by atoms with van der Waals surface area (Å²) in [7, 11) is 0. The molecule has 2 aromatic heterocycles. The topological polar surface area (TPSA) is 87.9 Å². The van der Waals surface area contributed by atoms with Gasteiger partial charge in [-0.1, -0.05) is 36.6 Å². The zero-order chi connectivity index (χ0) is 20.0. The third-order valence-corrected chi connectivity index (χ3v) is 6.23. The van der Waals surface area contributed by atoms with E-state index < -0.39 is 5.56 Å². The van der Waals surface area contributed by atoms with Gasteiger partial charge in [0, 0.05) is 32.2 Å². The van der Waals surface area contributed by atoms with Crippen molar-refractivity contribution in [2.45, 2.75) is 31.7 Å². The highest BCUT2D eigenvalue weighted by molar-refractivity contribution is 6.32. The molecular weight excluding hydrogens is 392 g/mol. The third-order valence-electron chi connectivity index (χ3n) is 5.91. The number of imidazole rings is 1. The molecule has 2 N–H and O–H groups in total. The van der Waals surface area contributed by atoms with Gasteiger partial charge in [-0.2, -0.15) is 4.98 Å². The Morgan fingerprint density at radius 3 is 2.52 bits per heavy atom. The Kier molecular flexibility index (Phi) is 4.67. The van der Waals surface area contributed by atoms with Crippen LogP contribution in [0.15, 0.2) is 33.9 Å². The van der Waals surface area contributed by atoms with Crippen molar-refractivity contribution in [3.63, 3.8) is 0 Å². The smallest absolute Gasteiger partial charge is 0.330 e. The van der Waals surface area contributed by atoms with Crippen molar-refractivity contribution in [1.82, 2.24) is 24.4 Å². The van der Waals surface area contributed by atoms with Crippen molar-refractivity contribution in [1.29, 1.82) is 0 Å². The van der Waals surface area contributed by atoms with Gasteiger partial charge in [0.1, 0.15) is 0 Å². The highest BCUT2D eigenvalue weighted by Crippen LogP contribution is 2.33. The van der Waals surface area contributed by atoms with Crippen molar-refractivity contribution >= 4 is 28.7 Å². The first-order valence-electron chi connectivity index (χ1n) is 10.1. The van der Waals surface area contributed by atoms with Crippen molar-refractivity contribution in [2.75, 3.05) is 31.1 Å². The van der Waals surface area contributed by atoms with Crippen LogP contribution in [0.25, 0.3) is 16.9 Å². The summed E-state index contributed by atoms with van der Waals surface area (Å²) in [6.45, 7) is 3.19. The second-order valence-corrected chi connectivity index (χ2v) is 8.08. The number of anilines is 1. The summed E-state index contributed by atoms with van der Waals surface area (Å²) >= 11 is 6.52. The van der Waals surface area contributed by atoms with Crippen LogP contribution in [0, 0.1) is 0 Å². The molecule has 3 heterocycles. The number of halogens is 1. The molecule has 0 radical (unpaired) electrons. The maximum absolute atomic E-state index is 13.0. The van der Waals surface area contributed by atoms with Gasteiger partial charge < -0.3 is 10.2 Å². The maximum atomic E-state index is 13.0. The Labute approximate surface area is 172 Å². The normalized spacial score (nSPS) is 18.0. The standard InChI is InChI=1S/C20H23ClN6O2/c21-14-7-3-4-8-15(14)27-16-17(23-19(27)25-11-9-22-10-12-25)26(13-5-1-2-6-13)20(29)24-18(16)28/h3-4,7-8,13,22H,1-2,5-6,9-12H2,(H,24,28,29). The molecule has 152 valence electrons. The highest BCUT2D eigenvalue weighted by Gasteiger charge is 2.28. The van der Waals surface area contributed by atoms with Crippen LogP contribution in [-0.4, -0.2) is 45.3 Å². The average molecular weight is 415 g/mol. The first-order chi connectivity index (χ1) is 14.1. The van der Waals surface area contributed by atoms with Crippen LogP contribution in [-0.2, 0) is 0 Å². The van der Waals surface area contributed by atoms with Gasteiger partial charge in [-0.25, -0.2) is 4.79 Å². The van der Waals surface area contributed by atoms with E-state index in [9.17, 15) is 9.59 Å². The molecule has 1 aliphatic carbocycles. The Bertz CT molecular complexity index is 1170. The molecular formula is C20H23ClN6O2. The predicted octanol–water partition coefficient (Wildman–Crippen LogP) is 2.05. The lowest BCUT2D eigenvalue weighted by Crippen LogP contribution is -2.44. The van der Waals surface area contributed by atoms with Crippen LogP contribution >= 0.6 is 11.6 Å². The molecule has 0 bridgehead atoms. The van der Waals surface area contributed by atoms with Gasteiger partial charge in [0.15, 0.2) is 11.2 Å². The average Bonchev–Trinajstić information content (AvgIpc) is 3.38. The first kappa shape index (κ1) is 18.4. The zero-order valence-corrected chi connectivity index (χ0v) is 16.8. The molecule has 2 aliphatic rings. The third kappa shape index (κ3) is 3.07. The summed E-state index contributed by atoms with van der Waals surface area (Å²) in [5, 5.41) is 3.87. The van der Waals surface area contributed by atoms with Crippen molar-refractivity contribution < 1.29 is 0 Å². The van der Waals surface area contributed by atoms with Crippen LogP contribution in [0.5, 0.6) is 0 Å². The second-order valence-electron chi connectivity index (χ2n) is 7.68. The van der Waals surface area contributed by atoms with E-state index in [2.05, 4.69) is 15.2 Å². The number of fused-ring (bicyclic) bond motifs is 1. The summed E-state index contributed by atoms with van der Waals surface area (Å²) in [5.41, 5.74) is 0.683. The van der Waals surface area contributed by atoms with Gasteiger partial charge >= 0.3 is 5.69 Å². The minimum atomic E-state index is -0.437. The molecule has 3 aromatic rings. The minimum Gasteiger partial charge on any atom is -0.339 e. The van der Waals surface area contributed by atoms with E-state index in [-0.39, 0.29) is 11.7 Å². The van der Waals surface area contributed by atoms with Crippen LogP contribution in [0.1, 0.15) is 31.7 Å². The van der Waals surface area contributed by atoms with E-state index in [1.165, 1.54) is 0 Å². The number of nitrogens with zero attached hydrogens (tertiary/aromatic N) is 4. The number of para-hydroxylation sites is 1. The van der Waals surface area contributed by atoms with Crippen LogP contribution in [0.4, 0.5) is 5.95 Å². The van der Waals surface area contributed by atoms with E-state index in [4.69, 9.17) is 16.6 Å². The van der Waals surface area contributed by atoms with E-state index in [1.54, 1.807) is 10.6 Å². The molecule has 2 fully saturated rings. The second kappa shape index (κ2) is 7.35. The maximum Gasteiger partial charge on any atom is 0.330 e. The van der Waals surface area contributed by atoms with Gasteiger partial charge in [-0.15, -0.1) is 0 Å². The zero-order valence-electron chi connectivity index (χ0n) is 16.0. The number of aromatic nitrogens is 4. The highest BCUT2D eigenvalue weighted by atomic mass is 35.5. The number of hydrogen-bond donors (Lipinski definition) is 2. The lowest BCUT2D eigenvalue weighted by atomic mass is 10.2. The Morgan fingerprint density at radius 1 is 1.07 bits per heavy atom. The molecule has 1 saturated heterocycles. The number of nitrogens with one attached hydrogen (secondary N) is 2. The number of H-pyrrole nitrogens is 1. The van der Waals surface area contributed by atoms with Gasteiger partial charge in [-0.05, 0) is 25.0 Å². The summed E-state index contributed by atoms with van der Waals surface area (Å²) < 4.78 is 3.50. The molecule has 1 saturated carbocycles. The van der Waals surface area contributed by atoms with E-state index >= 15 is 0 Å². The van der Waals surface area contributed by atoms with Gasteiger partial charge in [0.2, 0.25) is 5.95 Å². The Balaban J connectivity index is 1.85. The molecule has 0 atom stereocenters. The molecule has 8 nitrogen and oxygen atoms in total. The monoisotopic (exact) mass is 414 g/mol. The van der Waals surface area contributed by atoms with E-state index in [0.29, 0.717) is 27.8 Å². The quantitative estimate of drug-likeness (QED) is 0.684. The summed E-state index contributed by atoms with van der Waals surface area (Å²) in [6, 6.07) is 7.47. The van der Waals surface area contributed by atoms with Gasteiger partial charge in [-0.3, -0.25) is 18.9 Å². The molecule has 0 amide bonds. The predicted molar refractivity (Wildman–Crippen MR) is 114 cm³/mol. The van der Waals surface area contributed by atoms with Gasteiger partial charge in [0.05, 0.1) is 10.7 Å². The fourth-order valence-corrected chi connectivity index (χ4v) is 4.74. The molecule has 0 unspecified atom stereocenters. The summed E-state index contributed by atoms with van der Waals surface area (Å²) in [5.74, 6) is 0.650. The lowest BCUT2D eigenvalue weighted by molar-refractivity contribution is 0.505. The molecule has 9 heteroatoms. The Morgan fingerprint density at radius 2 is 1.79 bits per heavy atom. The summed E-state index contributed by atoms with van der Waals surface area (Å²) in [6.07, 6.45) is 3.99. The molecule has 5 rings (SSSR count). The number of hydrogen-bond acceptors (Lipinski definition) is 5. The lowest BCUT2D eigenvalue weighted by Gasteiger charge is -2.28. The van der Waals surface area contributed by atoms with Crippen molar-refractivity contribution in [2.24, 2.45) is 0 Å². The van der Waals surface area contributed by atoms with Crippen LogP contribution in [0.2, 0.25) is 5.02 Å². The fraction of sp³-hybridized carbons (Fsp3) is 0.450. The first-order valence-corrected chi connectivity index (χ1v) is 10.5. The minimum absolute atomic E-state index is 0.0623. The molecule has 1 aliphatic heterocycles. The van der Waals surface area contributed by atoms with Crippen LogP contribution < -0.4 is 21.5 Å². The Hall–Kier alpha value is -2.58. The summed E-state index contributed by atoms with van der Waals surface area (Å²) in [4.78, 5) is 35.2. The van der Waals surface area contributed by atoms with E-state index in [0.717, 1.165) is 51.9 Å². The van der Waals surface area contributed by atoms with E-state index in [1.807, 2.05) is 22.8 Å².